The number of carbonyl (C=O) groups is 2. The standard InChI is InChI=1S/C21H19NO4/c1-13-7-9-17(11-15(13)3)26-21(24)16-8-6-14(2)18(12-16)22-20(23)19-5-4-10-25-19/h4-12H,1-3H3,(H,22,23). The Kier molecular flexibility index (Phi) is 4.89. The number of nitrogens with one attached hydrogen (secondary N) is 1. The van der Waals surface area contributed by atoms with Crippen LogP contribution in [0.4, 0.5) is 5.69 Å². The molecule has 0 saturated heterocycles. The smallest absolute Gasteiger partial charge is 0.343 e. The van der Waals surface area contributed by atoms with Crippen LogP contribution in [0.2, 0.25) is 0 Å². The highest BCUT2D eigenvalue weighted by Crippen LogP contribution is 2.21. The van der Waals surface area contributed by atoms with Gasteiger partial charge < -0.3 is 14.5 Å². The lowest BCUT2D eigenvalue weighted by atomic mass is 10.1. The number of anilines is 1. The van der Waals surface area contributed by atoms with Gasteiger partial charge in [0.2, 0.25) is 0 Å². The minimum Gasteiger partial charge on any atom is -0.459 e. The van der Waals surface area contributed by atoms with Crippen molar-refractivity contribution in [1.29, 1.82) is 0 Å². The van der Waals surface area contributed by atoms with Crippen molar-refractivity contribution in [3.8, 4) is 5.75 Å². The maximum absolute atomic E-state index is 12.4. The predicted octanol–water partition coefficient (Wildman–Crippen LogP) is 4.68. The van der Waals surface area contributed by atoms with Gasteiger partial charge >= 0.3 is 5.97 Å². The van der Waals surface area contributed by atoms with E-state index in [0.29, 0.717) is 17.0 Å². The number of esters is 1. The fraction of sp³-hybridized carbons (Fsp3) is 0.143. The number of ether oxygens (including phenoxy) is 1. The zero-order chi connectivity index (χ0) is 18.7. The first kappa shape index (κ1) is 17.5. The first-order valence-electron chi connectivity index (χ1n) is 8.19. The molecule has 0 unspecified atom stereocenters. The molecule has 0 aliphatic carbocycles. The molecule has 0 saturated carbocycles. The molecule has 0 bridgehead atoms. The molecule has 3 aromatic rings. The average Bonchev–Trinajstić information content (AvgIpc) is 3.15. The van der Waals surface area contributed by atoms with Crippen LogP contribution < -0.4 is 10.1 Å². The lowest BCUT2D eigenvalue weighted by Gasteiger charge is -2.10. The lowest BCUT2D eigenvalue weighted by molar-refractivity contribution is 0.0734. The first-order chi connectivity index (χ1) is 12.4. The van der Waals surface area contributed by atoms with Gasteiger partial charge in [0.05, 0.1) is 11.8 Å². The summed E-state index contributed by atoms with van der Waals surface area (Å²) in [5, 5.41) is 2.75. The number of hydrogen-bond donors (Lipinski definition) is 1. The minimum absolute atomic E-state index is 0.201. The van der Waals surface area contributed by atoms with E-state index in [-0.39, 0.29) is 11.7 Å². The second-order valence-electron chi connectivity index (χ2n) is 6.10. The fourth-order valence-corrected chi connectivity index (χ4v) is 2.42. The van der Waals surface area contributed by atoms with Crippen molar-refractivity contribution >= 4 is 17.6 Å². The molecule has 1 aromatic heterocycles. The van der Waals surface area contributed by atoms with Crippen LogP contribution in [0.25, 0.3) is 0 Å². The van der Waals surface area contributed by atoms with Crippen molar-refractivity contribution in [1.82, 2.24) is 0 Å². The van der Waals surface area contributed by atoms with Gasteiger partial charge in [-0.3, -0.25) is 4.79 Å². The van der Waals surface area contributed by atoms with Crippen LogP contribution in [0, 0.1) is 20.8 Å². The van der Waals surface area contributed by atoms with Gasteiger partial charge in [0.25, 0.3) is 5.91 Å². The fourth-order valence-electron chi connectivity index (χ4n) is 2.42. The molecule has 1 amide bonds. The summed E-state index contributed by atoms with van der Waals surface area (Å²) in [5.74, 6) is -0.174. The summed E-state index contributed by atoms with van der Waals surface area (Å²) < 4.78 is 10.5. The molecule has 26 heavy (non-hydrogen) atoms. The molecule has 1 heterocycles. The molecule has 132 valence electrons. The second-order valence-corrected chi connectivity index (χ2v) is 6.10. The Morgan fingerprint density at radius 2 is 1.69 bits per heavy atom. The number of aryl methyl sites for hydroxylation is 3. The normalized spacial score (nSPS) is 10.4. The maximum Gasteiger partial charge on any atom is 0.343 e. The largest absolute Gasteiger partial charge is 0.459 e. The van der Waals surface area contributed by atoms with E-state index in [1.165, 1.54) is 6.26 Å². The third-order valence-corrected chi connectivity index (χ3v) is 4.16. The Bertz CT molecular complexity index is 958. The van der Waals surface area contributed by atoms with Gasteiger partial charge in [-0.1, -0.05) is 12.1 Å². The molecule has 0 aliphatic rings. The van der Waals surface area contributed by atoms with Gasteiger partial charge in [-0.25, -0.2) is 4.79 Å². The molecular formula is C21H19NO4. The summed E-state index contributed by atoms with van der Waals surface area (Å²) in [6.45, 7) is 5.80. The van der Waals surface area contributed by atoms with Crippen LogP contribution in [0.3, 0.4) is 0 Å². The van der Waals surface area contributed by atoms with Gasteiger partial charge in [0.15, 0.2) is 5.76 Å². The number of carbonyl (C=O) groups excluding carboxylic acids is 2. The van der Waals surface area contributed by atoms with Crippen molar-refractivity contribution < 1.29 is 18.7 Å². The molecule has 0 aliphatic heterocycles. The molecule has 1 N–H and O–H groups in total. The van der Waals surface area contributed by atoms with Crippen LogP contribution in [0.15, 0.2) is 59.2 Å². The van der Waals surface area contributed by atoms with Crippen molar-refractivity contribution in [3.05, 3.63) is 82.8 Å². The van der Waals surface area contributed by atoms with Crippen molar-refractivity contribution in [2.24, 2.45) is 0 Å². The van der Waals surface area contributed by atoms with E-state index in [1.54, 1.807) is 36.4 Å². The van der Waals surface area contributed by atoms with Crippen molar-refractivity contribution in [2.45, 2.75) is 20.8 Å². The minimum atomic E-state index is -0.484. The molecule has 0 fully saturated rings. The van der Waals surface area contributed by atoms with Gasteiger partial charge in [-0.2, -0.15) is 0 Å². The molecule has 3 rings (SSSR count). The van der Waals surface area contributed by atoms with E-state index in [1.807, 2.05) is 32.9 Å². The van der Waals surface area contributed by atoms with E-state index in [9.17, 15) is 9.59 Å². The first-order valence-corrected chi connectivity index (χ1v) is 8.19. The van der Waals surface area contributed by atoms with Crippen molar-refractivity contribution in [2.75, 3.05) is 5.32 Å². The zero-order valence-corrected chi connectivity index (χ0v) is 14.8. The monoisotopic (exact) mass is 349 g/mol. The SMILES string of the molecule is Cc1ccc(OC(=O)c2ccc(C)c(NC(=O)c3ccco3)c2)cc1C. The van der Waals surface area contributed by atoms with Gasteiger partial charge in [0, 0.05) is 5.69 Å². The Balaban J connectivity index is 1.78. The van der Waals surface area contributed by atoms with Crippen LogP contribution in [-0.2, 0) is 0 Å². The van der Waals surface area contributed by atoms with Crippen LogP contribution in [0.5, 0.6) is 5.75 Å². The number of rotatable bonds is 4. The second kappa shape index (κ2) is 7.27. The molecule has 2 aromatic carbocycles. The Morgan fingerprint density at radius 3 is 2.38 bits per heavy atom. The quantitative estimate of drug-likeness (QED) is 0.549. The highest BCUT2D eigenvalue weighted by molar-refractivity contribution is 6.03. The molecule has 0 spiro atoms. The van der Waals surface area contributed by atoms with E-state index in [2.05, 4.69) is 5.32 Å². The highest BCUT2D eigenvalue weighted by Gasteiger charge is 2.14. The number of hydrogen-bond acceptors (Lipinski definition) is 4. The zero-order valence-electron chi connectivity index (χ0n) is 14.8. The highest BCUT2D eigenvalue weighted by atomic mass is 16.5. The van der Waals surface area contributed by atoms with E-state index < -0.39 is 5.97 Å². The van der Waals surface area contributed by atoms with E-state index >= 15 is 0 Å². The Hall–Kier alpha value is -3.34. The summed E-state index contributed by atoms with van der Waals surface area (Å²) >= 11 is 0. The average molecular weight is 349 g/mol. The molecule has 0 atom stereocenters. The lowest BCUT2D eigenvalue weighted by Crippen LogP contribution is -2.14. The molecule has 0 radical (unpaired) electrons. The van der Waals surface area contributed by atoms with Crippen LogP contribution >= 0.6 is 0 Å². The molecular weight excluding hydrogens is 330 g/mol. The molecule has 5 nitrogen and oxygen atoms in total. The Labute approximate surface area is 151 Å². The van der Waals surface area contributed by atoms with Crippen LogP contribution in [-0.4, -0.2) is 11.9 Å². The van der Waals surface area contributed by atoms with E-state index in [0.717, 1.165) is 16.7 Å². The van der Waals surface area contributed by atoms with Gasteiger partial charge in [-0.05, 0) is 73.9 Å². The summed E-state index contributed by atoms with van der Waals surface area (Å²) in [5.41, 5.74) is 3.88. The third-order valence-electron chi connectivity index (χ3n) is 4.16. The summed E-state index contributed by atoms with van der Waals surface area (Å²) in [6.07, 6.45) is 1.43. The number of amides is 1. The topological polar surface area (TPSA) is 68.5 Å². The Morgan fingerprint density at radius 1 is 0.923 bits per heavy atom. The van der Waals surface area contributed by atoms with Crippen molar-refractivity contribution in [3.63, 3.8) is 0 Å². The number of furan rings is 1. The summed E-state index contributed by atoms with van der Waals surface area (Å²) in [6, 6.07) is 13.7. The molecule has 5 heteroatoms. The summed E-state index contributed by atoms with van der Waals surface area (Å²) in [4.78, 5) is 24.6. The number of benzene rings is 2. The van der Waals surface area contributed by atoms with Gasteiger partial charge in [0.1, 0.15) is 5.75 Å². The predicted molar refractivity (Wildman–Crippen MR) is 98.7 cm³/mol. The third kappa shape index (κ3) is 3.83. The van der Waals surface area contributed by atoms with Gasteiger partial charge in [-0.15, -0.1) is 0 Å². The van der Waals surface area contributed by atoms with E-state index in [4.69, 9.17) is 9.15 Å². The summed E-state index contributed by atoms with van der Waals surface area (Å²) in [7, 11) is 0. The maximum atomic E-state index is 12.4. The van der Waals surface area contributed by atoms with Crippen LogP contribution in [0.1, 0.15) is 37.6 Å².